The number of ether oxygens (including phenoxy) is 1. The number of piperidine rings is 1. The molecule has 1 aliphatic heterocycles. The van der Waals surface area contributed by atoms with Crippen molar-refractivity contribution in [2.24, 2.45) is 0 Å². The molecule has 38 heavy (non-hydrogen) atoms. The number of rotatable bonds is 11. The second-order valence-electron chi connectivity index (χ2n) is 9.65. The molecule has 1 aliphatic rings. The van der Waals surface area contributed by atoms with Crippen molar-refractivity contribution in [3.8, 4) is 0 Å². The van der Waals surface area contributed by atoms with Crippen LogP contribution in [0.3, 0.4) is 0 Å². The van der Waals surface area contributed by atoms with Crippen LogP contribution in [0, 0.1) is 0 Å². The third-order valence-electron chi connectivity index (χ3n) is 6.74. The van der Waals surface area contributed by atoms with E-state index >= 15 is 0 Å². The highest BCUT2D eigenvalue weighted by molar-refractivity contribution is 6.30. The van der Waals surface area contributed by atoms with Crippen LogP contribution < -0.4 is 5.32 Å². The van der Waals surface area contributed by atoms with Gasteiger partial charge in [0.25, 0.3) is 0 Å². The smallest absolute Gasteiger partial charge is 0.224 e. The van der Waals surface area contributed by atoms with Gasteiger partial charge in [-0.15, -0.1) is 0 Å². The van der Waals surface area contributed by atoms with Gasteiger partial charge in [-0.2, -0.15) is 0 Å². The predicted molar refractivity (Wildman–Crippen MR) is 148 cm³/mol. The first-order chi connectivity index (χ1) is 18.4. The first-order valence-electron chi connectivity index (χ1n) is 13.0. The number of nitrogens with one attached hydrogen (secondary N) is 1. The van der Waals surface area contributed by atoms with Crippen molar-refractivity contribution < 1.29 is 19.4 Å². The summed E-state index contributed by atoms with van der Waals surface area (Å²) in [5.41, 5.74) is 2.96. The zero-order valence-electron chi connectivity index (χ0n) is 21.6. The van der Waals surface area contributed by atoms with Gasteiger partial charge >= 0.3 is 0 Å². The fourth-order valence-corrected chi connectivity index (χ4v) is 4.78. The molecule has 1 amide bonds. The number of anilines is 1. The first-order valence-corrected chi connectivity index (χ1v) is 13.4. The molecule has 2 aromatic carbocycles. The molecule has 0 saturated carbocycles. The number of benzene rings is 2. The average molecular weight is 536 g/mol. The van der Waals surface area contributed by atoms with Crippen LogP contribution in [0.1, 0.15) is 61.6 Å². The zero-order valence-corrected chi connectivity index (χ0v) is 22.3. The lowest BCUT2D eigenvalue weighted by Gasteiger charge is -2.34. The number of hydrogen-bond acceptors (Lipinski definition) is 6. The van der Waals surface area contributed by atoms with Crippen LogP contribution in [0.15, 0.2) is 72.9 Å². The topological polar surface area (TPSA) is 91.8 Å². The summed E-state index contributed by atoms with van der Waals surface area (Å²) in [4.78, 5) is 30.8. The van der Waals surface area contributed by atoms with Crippen LogP contribution in [0.25, 0.3) is 0 Å². The summed E-state index contributed by atoms with van der Waals surface area (Å²) in [6, 6.07) is 20.4. The Morgan fingerprint density at radius 3 is 2.53 bits per heavy atom. The Morgan fingerprint density at radius 2 is 1.84 bits per heavy atom. The highest BCUT2D eigenvalue weighted by Gasteiger charge is 2.25. The first kappa shape index (κ1) is 27.9. The highest BCUT2D eigenvalue weighted by atomic mass is 35.5. The number of nitrogens with zero attached hydrogens (tertiary/aromatic N) is 2. The van der Waals surface area contributed by atoms with Gasteiger partial charge < -0.3 is 20.1 Å². The van der Waals surface area contributed by atoms with E-state index < -0.39 is 6.10 Å². The molecule has 200 valence electrons. The number of halogens is 1. The van der Waals surface area contributed by atoms with Crippen LogP contribution in [-0.2, 0) is 14.3 Å². The Bertz CT molecular complexity index is 1200. The number of amides is 1. The van der Waals surface area contributed by atoms with Gasteiger partial charge in [-0.05, 0) is 80.3 Å². The van der Waals surface area contributed by atoms with Gasteiger partial charge in [-0.25, -0.2) is 0 Å². The number of likely N-dealkylation sites (tertiary alicyclic amines) is 1. The number of aliphatic hydroxyl groups excluding tert-OH is 1. The van der Waals surface area contributed by atoms with E-state index in [0.717, 1.165) is 50.2 Å². The molecule has 2 heterocycles. The maximum atomic E-state index is 12.4. The minimum Gasteiger partial charge on any atom is -0.381 e. The van der Waals surface area contributed by atoms with Crippen molar-refractivity contribution in [1.82, 2.24) is 9.88 Å². The Kier molecular flexibility index (Phi) is 10.0. The summed E-state index contributed by atoms with van der Waals surface area (Å²) in [7, 11) is 0. The van der Waals surface area contributed by atoms with Crippen LogP contribution in [-0.4, -0.2) is 52.4 Å². The van der Waals surface area contributed by atoms with E-state index in [4.69, 9.17) is 16.3 Å². The summed E-state index contributed by atoms with van der Waals surface area (Å²) in [6.07, 6.45) is 3.45. The maximum Gasteiger partial charge on any atom is 0.224 e. The highest BCUT2D eigenvalue weighted by Crippen LogP contribution is 2.30. The van der Waals surface area contributed by atoms with E-state index in [0.29, 0.717) is 22.7 Å². The van der Waals surface area contributed by atoms with Crippen LogP contribution in [0.2, 0.25) is 5.02 Å². The van der Waals surface area contributed by atoms with Crippen LogP contribution in [0.4, 0.5) is 5.69 Å². The molecule has 8 heteroatoms. The van der Waals surface area contributed by atoms with Crippen molar-refractivity contribution in [3.05, 3.63) is 94.8 Å². The number of carbonyl (C=O) groups excluding carboxylic acids is 2. The molecule has 2 unspecified atom stereocenters. The Hall–Kier alpha value is -3.10. The van der Waals surface area contributed by atoms with Gasteiger partial charge in [0.05, 0.1) is 11.8 Å². The number of carbonyl (C=O) groups is 2. The van der Waals surface area contributed by atoms with Crippen molar-refractivity contribution in [1.29, 1.82) is 0 Å². The van der Waals surface area contributed by atoms with E-state index in [1.807, 2.05) is 42.5 Å². The van der Waals surface area contributed by atoms with Gasteiger partial charge in [-0.1, -0.05) is 41.9 Å². The molecule has 1 fully saturated rings. The van der Waals surface area contributed by atoms with Gasteiger partial charge in [0.1, 0.15) is 12.2 Å². The number of aliphatic hydroxyl groups is 1. The lowest BCUT2D eigenvalue weighted by atomic mass is 10.0. The number of pyridine rings is 1. The minimum absolute atomic E-state index is 0.0844. The van der Waals surface area contributed by atoms with Crippen molar-refractivity contribution in [3.63, 3.8) is 0 Å². The van der Waals surface area contributed by atoms with E-state index in [-0.39, 0.29) is 23.9 Å². The second kappa shape index (κ2) is 13.6. The predicted octanol–water partition coefficient (Wildman–Crippen LogP) is 5.35. The van der Waals surface area contributed by atoms with Crippen LogP contribution >= 0.6 is 11.6 Å². The summed E-state index contributed by atoms with van der Waals surface area (Å²) >= 11 is 6.09. The molecule has 3 aromatic rings. The van der Waals surface area contributed by atoms with Gasteiger partial charge in [0.2, 0.25) is 5.91 Å². The maximum absolute atomic E-state index is 12.4. The molecule has 1 saturated heterocycles. The summed E-state index contributed by atoms with van der Waals surface area (Å²) in [5, 5.41) is 13.5. The molecule has 4 rings (SSSR count). The van der Waals surface area contributed by atoms with Crippen molar-refractivity contribution in [2.45, 2.75) is 50.9 Å². The SMILES string of the molecule is CC(=O)C(O)c1cccc(NC(=O)CCCN2CCC(OC(c3ccc(Cl)cc3)c3ccccn3)CC2)c1. The third-order valence-corrected chi connectivity index (χ3v) is 6.99. The lowest BCUT2D eigenvalue weighted by molar-refractivity contribution is -0.125. The molecule has 7 nitrogen and oxygen atoms in total. The molecule has 0 radical (unpaired) electrons. The number of ketones is 1. The standard InChI is InChI=1S/C30H34ClN3O4/c1-21(35)29(37)23-6-4-7-25(20-23)33-28(36)9-5-17-34-18-14-26(15-19-34)38-30(27-8-2-3-16-32-27)22-10-12-24(31)13-11-22/h2-4,6-8,10-13,16,20,26,29-30,37H,5,9,14-15,17-19H2,1H3,(H,33,36). The van der Waals surface area contributed by atoms with E-state index in [2.05, 4.69) is 15.2 Å². The van der Waals surface area contributed by atoms with E-state index in [9.17, 15) is 14.7 Å². The molecule has 1 aromatic heterocycles. The normalized spacial score (nSPS) is 16.1. The molecule has 0 bridgehead atoms. The molecular formula is C30H34ClN3O4. The van der Waals surface area contributed by atoms with Crippen molar-refractivity contribution >= 4 is 29.0 Å². The minimum atomic E-state index is -1.18. The number of hydrogen-bond donors (Lipinski definition) is 2. The Morgan fingerprint density at radius 1 is 1.08 bits per heavy atom. The molecule has 2 atom stereocenters. The average Bonchev–Trinajstić information content (AvgIpc) is 2.93. The third kappa shape index (κ3) is 7.95. The van der Waals surface area contributed by atoms with E-state index in [1.165, 1.54) is 6.92 Å². The molecule has 0 spiro atoms. The van der Waals surface area contributed by atoms with Gasteiger partial charge in [0.15, 0.2) is 5.78 Å². The summed E-state index contributed by atoms with van der Waals surface area (Å²) in [5.74, 6) is -0.418. The monoisotopic (exact) mass is 535 g/mol. The number of aromatic nitrogens is 1. The largest absolute Gasteiger partial charge is 0.381 e. The van der Waals surface area contributed by atoms with E-state index in [1.54, 1.807) is 30.5 Å². The van der Waals surface area contributed by atoms with Gasteiger partial charge in [0, 0.05) is 36.4 Å². The summed E-state index contributed by atoms with van der Waals surface area (Å²) < 4.78 is 6.57. The molecule has 2 N–H and O–H groups in total. The number of Topliss-reactive ketones (excluding diaryl/α,β-unsaturated/α-hetero) is 1. The van der Waals surface area contributed by atoms with Crippen molar-refractivity contribution in [2.75, 3.05) is 25.0 Å². The van der Waals surface area contributed by atoms with Crippen LogP contribution in [0.5, 0.6) is 0 Å². The molecular weight excluding hydrogens is 502 g/mol. The Balaban J connectivity index is 1.22. The quantitative estimate of drug-likeness (QED) is 0.344. The zero-order chi connectivity index (χ0) is 26.9. The fourth-order valence-electron chi connectivity index (χ4n) is 4.66. The second-order valence-corrected chi connectivity index (χ2v) is 10.1. The lowest BCUT2D eigenvalue weighted by Crippen LogP contribution is -2.38. The summed E-state index contributed by atoms with van der Waals surface area (Å²) in [6.45, 7) is 3.99. The Labute approximate surface area is 228 Å². The fraction of sp³-hybridized carbons (Fsp3) is 0.367. The molecule has 0 aliphatic carbocycles. The van der Waals surface area contributed by atoms with Gasteiger partial charge in [-0.3, -0.25) is 14.6 Å².